The molecular formula is C18H19BrN8O. The van der Waals surface area contributed by atoms with Crippen LogP contribution in [0.15, 0.2) is 34.9 Å². The third-order valence-electron chi connectivity index (χ3n) is 4.93. The summed E-state index contributed by atoms with van der Waals surface area (Å²) in [7, 11) is 1.74. The zero-order valence-corrected chi connectivity index (χ0v) is 16.8. The lowest BCUT2D eigenvalue weighted by molar-refractivity contribution is 0.121. The maximum Gasteiger partial charge on any atom is 0.230 e. The Hall–Kier alpha value is -2.72. The van der Waals surface area contributed by atoms with Gasteiger partial charge in [0, 0.05) is 20.2 Å². The molecule has 0 spiro atoms. The number of benzene rings is 1. The fraction of sp³-hybridized carbons (Fsp3) is 0.333. The Morgan fingerprint density at radius 2 is 2.18 bits per heavy atom. The van der Waals surface area contributed by atoms with Gasteiger partial charge in [0.05, 0.1) is 34.4 Å². The van der Waals surface area contributed by atoms with Crippen LogP contribution in [0.3, 0.4) is 0 Å². The molecule has 1 saturated heterocycles. The Bertz CT molecular complexity index is 1110. The van der Waals surface area contributed by atoms with Crippen molar-refractivity contribution in [2.75, 3.05) is 30.4 Å². The number of ether oxygens (including phenoxy) is 1. The first-order valence-corrected chi connectivity index (χ1v) is 9.87. The molecule has 3 aromatic heterocycles. The van der Waals surface area contributed by atoms with Crippen LogP contribution >= 0.6 is 15.9 Å². The van der Waals surface area contributed by atoms with Gasteiger partial charge in [0.2, 0.25) is 11.9 Å². The smallest absolute Gasteiger partial charge is 0.230 e. The Labute approximate surface area is 169 Å². The minimum Gasteiger partial charge on any atom is -0.380 e. The summed E-state index contributed by atoms with van der Waals surface area (Å²) in [4.78, 5) is 19.5. The van der Waals surface area contributed by atoms with Crippen molar-refractivity contribution >= 4 is 44.5 Å². The Kier molecular flexibility index (Phi) is 4.36. The number of para-hydroxylation sites is 2. The van der Waals surface area contributed by atoms with E-state index in [1.54, 1.807) is 17.8 Å². The number of nitrogens with zero attached hydrogens (tertiary/aromatic N) is 6. The number of nitrogens with one attached hydrogen (secondary N) is 2. The zero-order chi connectivity index (χ0) is 19.1. The first-order valence-electron chi connectivity index (χ1n) is 9.08. The number of hydrogen-bond donors (Lipinski definition) is 2. The van der Waals surface area contributed by atoms with E-state index in [4.69, 9.17) is 9.72 Å². The first kappa shape index (κ1) is 17.4. The normalized spacial score (nSPS) is 17.1. The molecular weight excluding hydrogens is 424 g/mol. The molecule has 10 heteroatoms. The number of fused-ring (bicyclic) bond motifs is 2. The van der Waals surface area contributed by atoms with Crippen LogP contribution in [-0.4, -0.2) is 55.9 Å². The van der Waals surface area contributed by atoms with E-state index < -0.39 is 0 Å². The van der Waals surface area contributed by atoms with E-state index in [2.05, 4.69) is 46.2 Å². The molecule has 144 valence electrons. The number of halogens is 1. The number of aromatic nitrogens is 6. The van der Waals surface area contributed by atoms with Crippen molar-refractivity contribution in [3.63, 3.8) is 0 Å². The SMILES string of the molecule is CO[C@H]1CCN(c2nc(NCc3nc4ccccc4[nH]3)n3ncc(Br)c3n2)C1. The molecule has 2 N–H and O–H groups in total. The van der Waals surface area contributed by atoms with E-state index in [9.17, 15) is 0 Å². The summed E-state index contributed by atoms with van der Waals surface area (Å²) in [5.41, 5.74) is 2.67. The minimum absolute atomic E-state index is 0.208. The fourth-order valence-corrected chi connectivity index (χ4v) is 3.80. The van der Waals surface area contributed by atoms with E-state index in [0.717, 1.165) is 46.5 Å². The van der Waals surface area contributed by atoms with Gasteiger partial charge < -0.3 is 19.9 Å². The average Bonchev–Trinajstić information content (AvgIpc) is 3.44. The van der Waals surface area contributed by atoms with E-state index >= 15 is 0 Å². The molecule has 1 aromatic carbocycles. The van der Waals surface area contributed by atoms with Crippen molar-refractivity contribution in [1.82, 2.24) is 29.5 Å². The van der Waals surface area contributed by atoms with Crippen LogP contribution in [0.2, 0.25) is 0 Å². The fourth-order valence-electron chi connectivity index (χ4n) is 3.45. The molecule has 9 nitrogen and oxygen atoms in total. The van der Waals surface area contributed by atoms with Gasteiger partial charge >= 0.3 is 0 Å². The molecule has 1 atom stereocenters. The van der Waals surface area contributed by atoms with E-state index in [-0.39, 0.29) is 6.10 Å². The number of H-pyrrole nitrogens is 1. The van der Waals surface area contributed by atoms with E-state index in [1.807, 2.05) is 24.3 Å². The van der Waals surface area contributed by atoms with Crippen LogP contribution in [0.25, 0.3) is 16.7 Å². The largest absolute Gasteiger partial charge is 0.380 e. The minimum atomic E-state index is 0.208. The summed E-state index contributed by atoms with van der Waals surface area (Å²) in [6.45, 7) is 2.14. The zero-order valence-electron chi connectivity index (χ0n) is 15.3. The highest BCUT2D eigenvalue weighted by molar-refractivity contribution is 9.10. The number of anilines is 2. The number of hydrogen-bond acceptors (Lipinski definition) is 7. The molecule has 1 aliphatic heterocycles. The van der Waals surface area contributed by atoms with Gasteiger partial charge in [0.25, 0.3) is 0 Å². The molecule has 4 aromatic rings. The van der Waals surface area contributed by atoms with Crippen molar-refractivity contribution in [1.29, 1.82) is 0 Å². The second-order valence-electron chi connectivity index (χ2n) is 6.72. The van der Waals surface area contributed by atoms with Crippen LogP contribution < -0.4 is 10.2 Å². The van der Waals surface area contributed by atoms with Gasteiger partial charge in [-0.15, -0.1) is 0 Å². The molecule has 0 aliphatic carbocycles. The Morgan fingerprint density at radius 1 is 1.29 bits per heavy atom. The highest BCUT2D eigenvalue weighted by Crippen LogP contribution is 2.24. The summed E-state index contributed by atoms with van der Waals surface area (Å²) in [6.07, 6.45) is 2.90. The maximum atomic E-state index is 5.47. The van der Waals surface area contributed by atoms with Gasteiger partial charge in [-0.3, -0.25) is 0 Å². The second kappa shape index (κ2) is 7.02. The third-order valence-corrected chi connectivity index (χ3v) is 5.49. The van der Waals surface area contributed by atoms with E-state index in [1.165, 1.54) is 0 Å². The van der Waals surface area contributed by atoms with Crippen molar-refractivity contribution in [3.8, 4) is 0 Å². The topological polar surface area (TPSA) is 96.3 Å². The lowest BCUT2D eigenvalue weighted by Crippen LogP contribution is -2.25. The van der Waals surface area contributed by atoms with Gasteiger partial charge in [0.15, 0.2) is 5.65 Å². The molecule has 0 amide bonds. The predicted molar refractivity (Wildman–Crippen MR) is 110 cm³/mol. The maximum absolute atomic E-state index is 5.47. The highest BCUT2D eigenvalue weighted by Gasteiger charge is 2.25. The Morgan fingerprint density at radius 3 is 3.00 bits per heavy atom. The van der Waals surface area contributed by atoms with Gasteiger partial charge in [-0.05, 0) is 34.5 Å². The summed E-state index contributed by atoms with van der Waals surface area (Å²) >= 11 is 3.53. The summed E-state index contributed by atoms with van der Waals surface area (Å²) in [5, 5.41) is 7.72. The molecule has 1 fully saturated rings. The average molecular weight is 443 g/mol. The first-order chi connectivity index (χ1) is 13.7. The lowest BCUT2D eigenvalue weighted by Gasteiger charge is -2.17. The molecule has 5 rings (SSSR count). The number of rotatable bonds is 5. The van der Waals surface area contributed by atoms with Crippen LogP contribution in [0, 0.1) is 0 Å². The van der Waals surface area contributed by atoms with Gasteiger partial charge in [-0.25, -0.2) is 4.98 Å². The van der Waals surface area contributed by atoms with Crippen LogP contribution in [0.4, 0.5) is 11.9 Å². The standard InChI is InChI=1S/C18H19BrN8O/c1-28-11-6-7-26(10-11)18-24-16-12(19)8-21-27(16)17(25-18)20-9-15-22-13-4-2-3-5-14(13)23-15/h2-5,8,11H,6-7,9-10H2,1H3,(H,22,23)(H,20,24,25)/t11-/m0/s1. The van der Waals surface area contributed by atoms with Gasteiger partial charge in [-0.2, -0.15) is 19.6 Å². The highest BCUT2D eigenvalue weighted by atomic mass is 79.9. The van der Waals surface area contributed by atoms with E-state index in [0.29, 0.717) is 18.4 Å². The summed E-state index contributed by atoms with van der Waals surface area (Å²) < 4.78 is 7.99. The summed E-state index contributed by atoms with van der Waals surface area (Å²) in [5.74, 6) is 2.12. The molecule has 0 unspecified atom stereocenters. The third kappa shape index (κ3) is 3.08. The molecule has 1 aliphatic rings. The summed E-state index contributed by atoms with van der Waals surface area (Å²) in [6, 6.07) is 7.96. The number of methoxy groups -OCH3 is 1. The van der Waals surface area contributed by atoms with Crippen molar-refractivity contribution in [3.05, 3.63) is 40.8 Å². The second-order valence-corrected chi connectivity index (χ2v) is 7.58. The number of aromatic amines is 1. The molecule has 28 heavy (non-hydrogen) atoms. The van der Waals surface area contributed by atoms with Gasteiger partial charge in [-0.1, -0.05) is 12.1 Å². The van der Waals surface area contributed by atoms with Crippen LogP contribution in [0.1, 0.15) is 12.2 Å². The lowest BCUT2D eigenvalue weighted by atomic mass is 10.3. The molecule has 0 saturated carbocycles. The van der Waals surface area contributed by atoms with Crippen molar-refractivity contribution < 1.29 is 4.74 Å². The van der Waals surface area contributed by atoms with Crippen molar-refractivity contribution in [2.45, 2.75) is 19.1 Å². The molecule has 4 heterocycles. The number of imidazole rings is 1. The van der Waals surface area contributed by atoms with Crippen LogP contribution in [0.5, 0.6) is 0 Å². The molecule has 0 radical (unpaired) electrons. The van der Waals surface area contributed by atoms with Gasteiger partial charge in [0.1, 0.15) is 5.82 Å². The molecule has 0 bridgehead atoms. The monoisotopic (exact) mass is 442 g/mol. The predicted octanol–water partition coefficient (Wildman–Crippen LogP) is 2.60. The van der Waals surface area contributed by atoms with Crippen molar-refractivity contribution in [2.24, 2.45) is 0 Å². The Balaban J connectivity index is 1.45. The van der Waals surface area contributed by atoms with Crippen LogP contribution in [-0.2, 0) is 11.3 Å². The quantitative estimate of drug-likeness (QED) is 0.490.